The van der Waals surface area contributed by atoms with Crippen LogP contribution >= 0.6 is 0 Å². The van der Waals surface area contributed by atoms with Gasteiger partial charge in [0.05, 0.1) is 0 Å². The van der Waals surface area contributed by atoms with Crippen LogP contribution in [0.2, 0.25) is 0 Å². The number of rotatable bonds is 5. The lowest BCUT2D eigenvalue weighted by molar-refractivity contribution is 0.338. The van der Waals surface area contributed by atoms with Gasteiger partial charge in [0.1, 0.15) is 11.5 Å². The van der Waals surface area contributed by atoms with E-state index in [1.807, 2.05) is 6.07 Å². The summed E-state index contributed by atoms with van der Waals surface area (Å²) in [5.41, 5.74) is 2.30. The molecular weight excluding hydrogens is 280 g/mol. The first-order valence-corrected chi connectivity index (χ1v) is 8.44. The number of benzene rings is 2. The van der Waals surface area contributed by atoms with Gasteiger partial charge >= 0.3 is 0 Å². The van der Waals surface area contributed by atoms with Crippen molar-refractivity contribution in [2.45, 2.75) is 38.5 Å². The summed E-state index contributed by atoms with van der Waals surface area (Å²) in [5.74, 6) is 2.05. The topological polar surface area (TPSA) is 9.23 Å². The van der Waals surface area contributed by atoms with Gasteiger partial charge in [-0.05, 0) is 31.1 Å². The van der Waals surface area contributed by atoms with Crippen LogP contribution in [0.3, 0.4) is 0 Å². The summed E-state index contributed by atoms with van der Waals surface area (Å²) in [5, 5.41) is 0. The molecule has 0 amide bonds. The zero-order chi connectivity index (χ0) is 16.1. The summed E-state index contributed by atoms with van der Waals surface area (Å²) in [6.45, 7) is 4.48. The Hall–Kier alpha value is -2.28. The highest BCUT2D eigenvalue weighted by atomic mass is 16.5. The predicted octanol–water partition coefficient (Wildman–Crippen LogP) is 6.09. The number of unbranched alkanes of at least 4 members (excludes halogenated alkanes) is 1. The first-order valence-electron chi connectivity index (χ1n) is 8.44. The molecular formula is C22H24O. The molecule has 1 unspecified atom stereocenters. The maximum atomic E-state index is 6.21. The number of ether oxygens (including phenoxy) is 1. The Kier molecular flexibility index (Phi) is 4.66. The van der Waals surface area contributed by atoms with Crippen molar-refractivity contribution in [1.29, 1.82) is 0 Å². The lowest BCUT2D eigenvalue weighted by Gasteiger charge is -2.30. The minimum Gasteiger partial charge on any atom is -0.462 e. The van der Waals surface area contributed by atoms with E-state index in [1.54, 1.807) is 0 Å². The highest BCUT2D eigenvalue weighted by Crippen LogP contribution is 2.38. The van der Waals surface area contributed by atoms with Crippen molar-refractivity contribution in [2.24, 2.45) is 0 Å². The normalized spacial score (nSPS) is 20.4. The van der Waals surface area contributed by atoms with E-state index < -0.39 is 0 Å². The van der Waals surface area contributed by atoms with Crippen molar-refractivity contribution in [2.75, 3.05) is 0 Å². The van der Waals surface area contributed by atoms with E-state index in [9.17, 15) is 0 Å². The van der Waals surface area contributed by atoms with Gasteiger partial charge in [-0.1, -0.05) is 74.0 Å². The maximum absolute atomic E-state index is 6.21. The molecule has 2 aromatic rings. The predicted molar refractivity (Wildman–Crippen MR) is 96.9 cm³/mol. The molecule has 1 nitrogen and oxygen atoms in total. The lowest BCUT2D eigenvalue weighted by atomic mass is 9.79. The van der Waals surface area contributed by atoms with Crippen LogP contribution in [0, 0.1) is 0 Å². The van der Waals surface area contributed by atoms with Gasteiger partial charge in [-0.15, -0.1) is 0 Å². The molecule has 118 valence electrons. The molecule has 0 fully saturated rings. The van der Waals surface area contributed by atoms with E-state index >= 15 is 0 Å². The highest BCUT2D eigenvalue weighted by Gasteiger charge is 2.28. The van der Waals surface area contributed by atoms with Gasteiger partial charge in [0.25, 0.3) is 0 Å². The monoisotopic (exact) mass is 304 g/mol. The van der Waals surface area contributed by atoms with Crippen LogP contribution in [0.15, 0.2) is 78.6 Å². The van der Waals surface area contributed by atoms with Crippen molar-refractivity contribution in [3.05, 3.63) is 89.7 Å². The molecule has 0 aliphatic carbocycles. The Morgan fingerprint density at radius 2 is 1.52 bits per heavy atom. The average molecular weight is 304 g/mol. The van der Waals surface area contributed by atoms with Crippen LogP contribution < -0.4 is 0 Å². The van der Waals surface area contributed by atoms with Gasteiger partial charge in [0, 0.05) is 17.4 Å². The molecule has 1 heteroatoms. The Morgan fingerprint density at radius 1 is 0.870 bits per heavy atom. The molecule has 0 spiro atoms. The SMILES string of the molecule is CCCCC1=CC(C)(c2ccccc2)C=C(c2ccccc2)O1. The Bertz CT molecular complexity index is 697. The van der Waals surface area contributed by atoms with E-state index in [4.69, 9.17) is 4.74 Å². The summed E-state index contributed by atoms with van der Waals surface area (Å²) in [6.07, 6.45) is 7.84. The van der Waals surface area contributed by atoms with Crippen molar-refractivity contribution >= 4 is 5.76 Å². The van der Waals surface area contributed by atoms with Gasteiger partial charge in [-0.25, -0.2) is 0 Å². The van der Waals surface area contributed by atoms with Gasteiger partial charge in [0.15, 0.2) is 0 Å². The third-order valence-corrected chi connectivity index (χ3v) is 4.36. The van der Waals surface area contributed by atoms with Gasteiger partial charge in [-0.3, -0.25) is 0 Å². The number of hydrogen-bond acceptors (Lipinski definition) is 1. The summed E-state index contributed by atoms with van der Waals surface area (Å²) >= 11 is 0. The minimum atomic E-state index is -0.131. The third-order valence-electron chi connectivity index (χ3n) is 4.36. The van der Waals surface area contributed by atoms with Gasteiger partial charge in [0.2, 0.25) is 0 Å². The first-order chi connectivity index (χ1) is 11.2. The number of allylic oxidation sites excluding steroid dienone is 3. The zero-order valence-corrected chi connectivity index (χ0v) is 14.0. The third kappa shape index (κ3) is 3.56. The van der Waals surface area contributed by atoms with E-state index in [-0.39, 0.29) is 5.41 Å². The van der Waals surface area contributed by atoms with Crippen molar-refractivity contribution in [3.63, 3.8) is 0 Å². The number of hydrogen-bond donors (Lipinski definition) is 0. The van der Waals surface area contributed by atoms with Crippen LogP contribution in [-0.2, 0) is 10.2 Å². The molecule has 1 heterocycles. The Labute approximate surface area is 139 Å². The van der Waals surface area contributed by atoms with E-state index in [1.165, 1.54) is 12.0 Å². The van der Waals surface area contributed by atoms with E-state index in [2.05, 4.69) is 80.6 Å². The van der Waals surface area contributed by atoms with Gasteiger partial charge < -0.3 is 4.74 Å². The molecule has 0 saturated heterocycles. The molecule has 0 N–H and O–H groups in total. The molecule has 1 aliphatic heterocycles. The van der Waals surface area contributed by atoms with Crippen LogP contribution in [0.4, 0.5) is 0 Å². The van der Waals surface area contributed by atoms with E-state index in [0.717, 1.165) is 29.9 Å². The molecule has 1 atom stereocenters. The van der Waals surface area contributed by atoms with Crippen molar-refractivity contribution in [1.82, 2.24) is 0 Å². The molecule has 0 saturated carbocycles. The molecule has 3 rings (SSSR count). The summed E-state index contributed by atoms with van der Waals surface area (Å²) in [6, 6.07) is 21.0. The van der Waals surface area contributed by atoms with E-state index in [0.29, 0.717) is 0 Å². The van der Waals surface area contributed by atoms with Gasteiger partial charge in [-0.2, -0.15) is 0 Å². The smallest absolute Gasteiger partial charge is 0.131 e. The largest absolute Gasteiger partial charge is 0.462 e. The Balaban J connectivity index is 2.01. The molecule has 1 aliphatic rings. The average Bonchev–Trinajstić information content (AvgIpc) is 2.61. The quantitative estimate of drug-likeness (QED) is 0.649. The molecule has 0 bridgehead atoms. The summed E-state index contributed by atoms with van der Waals surface area (Å²) in [4.78, 5) is 0. The fraction of sp³-hybridized carbons (Fsp3) is 0.273. The second-order valence-electron chi connectivity index (χ2n) is 6.34. The summed E-state index contributed by atoms with van der Waals surface area (Å²) < 4.78 is 6.21. The van der Waals surface area contributed by atoms with Crippen LogP contribution in [0.1, 0.15) is 44.2 Å². The summed E-state index contributed by atoms with van der Waals surface area (Å²) in [7, 11) is 0. The zero-order valence-electron chi connectivity index (χ0n) is 14.0. The Morgan fingerprint density at radius 3 is 2.17 bits per heavy atom. The van der Waals surface area contributed by atoms with Crippen molar-refractivity contribution < 1.29 is 4.74 Å². The highest BCUT2D eigenvalue weighted by molar-refractivity contribution is 5.65. The molecule has 0 aromatic heterocycles. The second-order valence-corrected chi connectivity index (χ2v) is 6.34. The van der Waals surface area contributed by atoms with Crippen molar-refractivity contribution in [3.8, 4) is 0 Å². The minimum absolute atomic E-state index is 0.131. The van der Waals surface area contributed by atoms with Crippen LogP contribution in [0.5, 0.6) is 0 Å². The molecule has 0 radical (unpaired) electrons. The fourth-order valence-electron chi connectivity index (χ4n) is 3.03. The fourth-order valence-corrected chi connectivity index (χ4v) is 3.03. The molecule has 23 heavy (non-hydrogen) atoms. The standard InChI is InChI=1S/C22H24O/c1-3-4-15-20-16-22(2,19-13-9-6-10-14-19)17-21(23-20)18-11-7-5-8-12-18/h5-14,16-17H,3-4,15H2,1-2H3. The first kappa shape index (κ1) is 15.6. The lowest BCUT2D eigenvalue weighted by Crippen LogP contribution is -2.21. The van der Waals surface area contributed by atoms with Crippen LogP contribution in [-0.4, -0.2) is 0 Å². The second kappa shape index (κ2) is 6.87. The maximum Gasteiger partial charge on any atom is 0.131 e. The van der Waals surface area contributed by atoms with Crippen LogP contribution in [0.25, 0.3) is 5.76 Å². The molecule has 2 aromatic carbocycles.